The SMILES string of the molecule is CCCNCc1ccccc1-c1cccc2cccnc12. The zero-order valence-corrected chi connectivity index (χ0v) is 12.3. The van der Waals surface area contributed by atoms with E-state index >= 15 is 0 Å². The van der Waals surface area contributed by atoms with Crippen LogP contribution < -0.4 is 5.32 Å². The molecular formula is C19H20N2. The number of hydrogen-bond donors (Lipinski definition) is 1. The summed E-state index contributed by atoms with van der Waals surface area (Å²) in [4.78, 5) is 4.57. The van der Waals surface area contributed by atoms with Crippen molar-refractivity contribution in [3.8, 4) is 11.1 Å². The fourth-order valence-corrected chi connectivity index (χ4v) is 2.66. The van der Waals surface area contributed by atoms with Gasteiger partial charge in [-0.05, 0) is 30.2 Å². The van der Waals surface area contributed by atoms with E-state index in [4.69, 9.17) is 0 Å². The molecule has 3 aromatic rings. The average molecular weight is 276 g/mol. The Balaban J connectivity index is 2.06. The highest BCUT2D eigenvalue weighted by molar-refractivity contribution is 5.94. The van der Waals surface area contributed by atoms with Crippen molar-refractivity contribution in [2.24, 2.45) is 0 Å². The molecule has 0 bridgehead atoms. The van der Waals surface area contributed by atoms with Crippen molar-refractivity contribution in [2.45, 2.75) is 19.9 Å². The molecule has 106 valence electrons. The maximum Gasteiger partial charge on any atom is 0.0780 e. The third kappa shape index (κ3) is 2.96. The Morgan fingerprint density at radius 3 is 2.62 bits per heavy atom. The van der Waals surface area contributed by atoms with Crippen LogP contribution in [0.1, 0.15) is 18.9 Å². The minimum Gasteiger partial charge on any atom is -0.313 e. The Labute approximate surface area is 125 Å². The summed E-state index contributed by atoms with van der Waals surface area (Å²) in [6.07, 6.45) is 3.02. The Morgan fingerprint density at radius 2 is 1.71 bits per heavy atom. The van der Waals surface area contributed by atoms with Gasteiger partial charge in [-0.2, -0.15) is 0 Å². The third-order valence-corrected chi connectivity index (χ3v) is 3.68. The van der Waals surface area contributed by atoms with Crippen molar-refractivity contribution in [2.75, 3.05) is 6.54 Å². The van der Waals surface area contributed by atoms with Gasteiger partial charge in [-0.3, -0.25) is 4.98 Å². The van der Waals surface area contributed by atoms with Gasteiger partial charge >= 0.3 is 0 Å². The van der Waals surface area contributed by atoms with Crippen molar-refractivity contribution in [3.63, 3.8) is 0 Å². The van der Waals surface area contributed by atoms with Gasteiger partial charge in [-0.25, -0.2) is 0 Å². The molecule has 2 aromatic carbocycles. The van der Waals surface area contributed by atoms with Crippen LogP contribution in [0.3, 0.4) is 0 Å². The number of para-hydroxylation sites is 1. The quantitative estimate of drug-likeness (QED) is 0.699. The van der Waals surface area contributed by atoms with Crippen LogP contribution in [-0.4, -0.2) is 11.5 Å². The number of nitrogens with one attached hydrogen (secondary N) is 1. The van der Waals surface area contributed by atoms with Gasteiger partial charge in [0.25, 0.3) is 0 Å². The summed E-state index contributed by atoms with van der Waals surface area (Å²) >= 11 is 0. The molecule has 0 fully saturated rings. The monoisotopic (exact) mass is 276 g/mol. The molecule has 0 saturated carbocycles. The lowest BCUT2D eigenvalue weighted by atomic mass is 9.97. The van der Waals surface area contributed by atoms with E-state index in [1.165, 1.54) is 22.1 Å². The van der Waals surface area contributed by atoms with Crippen molar-refractivity contribution in [1.82, 2.24) is 10.3 Å². The highest BCUT2D eigenvalue weighted by Crippen LogP contribution is 2.29. The molecule has 0 saturated heterocycles. The first-order valence-electron chi connectivity index (χ1n) is 7.53. The van der Waals surface area contributed by atoms with E-state index in [9.17, 15) is 0 Å². The molecule has 0 aliphatic carbocycles. The van der Waals surface area contributed by atoms with Gasteiger partial charge in [0.2, 0.25) is 0 Å². The largest absolute Gasteiger partial charge is 0.313 e. The Morgan fingerprint density at radius 1 is 0.905 bits per heavy atom. The Bertz CT molecular complexity index is 729. The molecule has 2 heteroatoms. The number of rotatable bonds is 5. The van der Waals surface area contributed by atoms with Gasteiger partial charge in [-0.1, -0.05) is 55.5 Å². The van der Waals surface area contributed by atoms with Gasteiger partial charge < -0.3 is 5.32 Å². The molecule has 0 unspecified atom stereocenters. The zero-order valence-electron chi connectivity index (χ0n) is 12.3. The van der Waals surface area contributed by atoms with Crippen LogP contribution in [0.5, 0.6) is 0 Å². The van der Waals surface area contributed by atoms with Crippen LogP contribution in [0.4, 0.5) is 0 Å². The number of nitrogens with zero attached hydrogens (tertiary/aromatic N) is 1. The lowest BCUT2D eigenvalue weighted by Gasteiger charge is -2.12. The standard InChI is InChI=1S/C19H20N2/c1-2-12-20-14-16-7-3-4-10-17(16)18-11-5-8-15-9-6-13-21-19(15)18/h3-11,13,20H,2,12,14H2,1H3. The zero-order chi connectivity index (χ0) is 14.5. The van der Waals surface area contributed by atoms with Crippen LogP contribution in [0.25, 0.3) is 22.0 Å². The predicted molar refractivity (Wildman–Crippen MR) is 89.2 cm³/mol. The van der Waals surface area contributed by atoms with E-state index in [-0.39, 0.29) is 0 Å². The molecule has 21 heavy (non-hydrogen) atoms. The molecule has 1 N–H and O–H groups in total. The summed E-state index contributed by atoms with van der Waals surface area (Å²) in [7, 11) is 0. The number of pyridine rings is 1. The van der Waals surface area contributed by atoms with E-state index in [1.807, 2.05) is 12.3 Å². The van der Waals surface area contributed by atoms with Gasteiger partial charge in [0.05, 0.1) is 5.52 Å². The summed E-state index contributed by atoms with van der Waals surface area (Å²) in [5.41, 5.74) is 4.87. The van der Waals surface area contributed by atoms with Crippen LogP contribution in [-0.2, 0) is 6.54 Å². The number of fused-ring (bicyclic) bond motifs is 1. The van der Waals surface area contributed by atoms with Gasteiger partial charge in [-0.15, -0.1) is 0 Å². The molecule has 0 aliphatic rings. The lowest BCUT2D eigenvalue weighted by molar-refractivity contribution is 0.676. The molecule has 3 rings (SSSR count). The Kier molecular flexibility index (Phi) is 4.27. The number of benzene rings is 2. The minimum absolute atomic E-state index is 0.896. The van der Waals surface area contributed by atoms with Crippen molar-refractivity contribution >= 4 is 10.9 Å². The first-order valence-corrected chi connectivity index (χ1v) is 7.53. The number of aromatic nitrogens is 1. The van der Waals surface area contributed by atoms with E-state index in [0.29, 0.717) is 0 Å². The highest BCUT2D eigenvalue weighted by atomic mass is 14.8. The molecule has 1 aromatic heterocycles. The van der Waals surface area contributed by atoms with Crippen molar-refractivity contribution in [1.29, 1.82) is 0 Å². The molecule has 0 atom stereocenters. The van der Waals surface area contributed by atoms with E-state index in [2.05, 4.69) is 65.8 Å². The molecular weight excluding hydrogens is 256 g/mol. The number of hydrogen-bond acceptors (Lipinski definition) is 2. The highest BCUT2D eigenvalue weighted by Gasteiger charge is 2.08. The van der Waals surface area contributed by atoms with Crippen molar-refractivity contribution < 1.29 is 0 Å². The lowest BCUT2D eigenvalue weighted by Crippen LogP contribution is -2.14. The summed E-state index contributed by atoms with van der Waals surface area (Å²) in [5.74, 6) is 0. The topological polar surface area (TPSA) is 24.9 Å². The van der Waals surface area contributed by atoms with Gasteiger partial charge in [0, 0.05) is 23.7 Å². The van der Waals surface area contributed by atoms with Crippen LogP contribution in [0.2, 0.25) is 0 Å². The summed E-state index contributed by atoms with van der Waals surface area (Å²) in [5, 5.41) is 4.68. The summed E-state index contributed by atoms with van der Waals surface area (Å²) in [6, 6.07) is 19.1. The van der Waals surface area contributed by atoms with E-state index in [1.54, 1.807) is 0 Å². The maximum absolute atomic E-state index is 4.57. The maximum atomic E-state index is 4.57. The van der Waals surface area contributed by atoms with Crippen LogP contribution >= 0.6 is 0 Å². The van der Waals surface area contributed by atoms with Crippen LogP contribution in [0.15, 0.2) is 60.8 Å². The predicted octanol–water partition coefficient (Wildman–Crippen LogP) is 4.40. The molecule has 0 amide bonds. The second kappa shape index (κ2) is 6.51. The van der Waals surface area contributed by atoms with Crippen molar-refractivity contribution in [3.05, 3.63) is 66.4 Å². The van der Waals surface area contributed by atoms with Crippen LogP contribution in [0, 0.1) is 0 Å². The Hall–Kier alpha value is -2.19. The fraction of sp³-hybridized carbons (Fsp3) is 0.211. The first kappa shape index (κ1) is 13.8. The normalized spacial score (nSPS) is 10.9. The third-order valence-electron chi connectivity index (χ3n) is 3.68. The molecule has 1 heterocycles. The first-order chi connectivity index (χ1) is 10.4. The summed E-state index contributed by atoms with van der Waals surface area (Å²) < 4.78 is 0. The van der Waals surface area contributed by atoms with Gasteiger partial charge in [0.1, 0.15) is 0 Å². The van der Waals surface area contributed by atoms with E-state index < -0.39 is 0 Å². The van der Waals surface area contributed by atoms with Gasteiger partial charge in [0.15, 0.2) is 0 Å². The summed E-state index contributed by atoms with van der Waals surface area (Å²) in [6.45, 7) is 4.13. The minimum atomic E-state index is 0.896. The second-order valence-electron chi connectivity index (χ2n) is 5.21. The smallest absolute Gasteiger partial charge is 0.0780 e. The fourth-order valence-electron chi connectivity index (χ4n) is 2.66. The molecule has 0 spiro atoms. The second-order valence-corrected chi connectivity index (χ2v) is 5.21. The molecule has 0 aliphatic heterocycles. The molecule has 2 nitrogen and oxygen atoms in total. The average Bonchev–Trinajstić information content (AvgIpc) is 2.55. The van der Waals surface area contributed by atoms with E-state index in [0.717, 1.165) is 25.0 Å². The molecule has 0 radical (unpaired) electrons.